The van der Waals surface area contributed by atoms with Crippen molar-refractivity contribution < 1.29 is 5.48 Å². The number of benzene rings is 1. The summed E-state index contributed by atoms with van der Waals surface area (Å²) in [5, 5.41) is 6.94. The minimum absolute atomic E-state index is 0. The van der Waals surface area contributed by atoms with Gasteiger partial charge in [0.15, 0.2) is 0 Å². The van der Waals surface area contributed by atoms with E-state index in [2.05, 4.69) is 47.1 Å². The van der Waals surface area contributed by atoms with E-state index < -0.39 is 0 Å². The Balaban J connectivity index is 0. The summed E-state index contributed by atoms with van der Waals surface area (Å²) in [7, 11) is 0. The van der Waals surface area contributed by atoms with Crippen molar-refractivity contribution in [3.8, 4) is 0 Å². The van der Waals surface area contributed by atoms with Gasteiger partial charge >= 0.3 is 0 Å². The fourth-order valence-corrected chi connectivity index (χ4v) is 2.02. The van der Waals surface area contributed by atoms with Gasteiger partial charge in [-0.2, -0.15) is 0 Å². The molecular weight excluding hydrogens is 283 g/mol. The number of rotatable bonds is 4. The number of hydrogen-bond acceptors (Lipinski definition) is 2. The van der Waals surface area contributed by atoms with Crippen LogP contribution in [0.3, 0.4) is 0 Å². The predicted octanol–water partition coefficient (Wildman–Crippen LogP) is 2.06. The van der Waals surface area contributed by atoms with Crippen molar-refractivity contribution in [3.05, 3.63) is 42.0 Å². The monoisotopic (exact) mass is 306 g/mol. The highest BCUT2D eigenvalue weighted by Crippen LogP contribution is 2.02. The molecule has 110 valence electrons. The molecule has 0 atom stereocenters. The van der Waals surface area contributed by atoms with Crippen LogP contribution < -0.4 is 10.6 Å². The Labute approximate surface area is 128 Å². The molecule has 1 aromatic carbocycles. The SMILES string of the molecule is C(=C\c1ccccc1)/CNC1CCNCC1.Cl.Cl.O. The summed E-state index contributed by atoms with van der Waals surface area (Å²) in [6.45, 7) is 3.28. The Hall–Kier alpha value is -0.580. The third-order valence-electron chi connectivity index (χ3n) is 2.97. The van der Waals surface area contributed by atoms with Crippen molar-refractivity contribution in [1.82, 2.24) is 10.6 Å². The van der Waals surface area contributed by atoms with Crippen LogP contribution in [-0.4, -0.2) is 31.2 Å². The molecular formula is C14H24Cl2N2O. The summed E-state index contributed by atoms with van der Waals surface area (Å²) >= 11 is 0. The summed E-state index contributed by atoms with van der Waals surface area (Å²) in [4.78, 5) is 0. The van der Waals surface area contributed by atoms with Crippen LogP contribution in [0.4, 0.5) is 0 Å². The molecule has 0 saturated carbocycles. The Morgan fingerprint density at radius 3 is 2.37 bits per heavy atom. The van der Waals surface area contributed by atoms with E-state index in [1.54, 1.807) is 0 Å². The van der Waals surface area contributed by atoms with Gasteiger partial charge < -0.3 is 16.1 Å². The van der Waals surface area contributed by atoms with Gasteiger partial charge in [0, 0.05) is 12.6 Å². The molecule has 1 aromatic rings. The first kappa shape index (κ1) is 20.7. The number of hydrogen-bond donors (Lipinski definition) is 2. The molecule has 0 aliphatic carbocycles. The smallest absolute Gasteiger partial charge is 0.0140 e. The van der Waals surface area contributed by atoms with E-state index in [0.29, 0.717) is 6.04 Å². The van der Waals surface area contributed by atoms with Gasteiger partial charge in [-0.05, 0) is 31.5 Å². The Bertz CT molecular complexity index is 327. The van der Waals surface area contributed by atoms with Crippen LogP contribution in [0.1, 0.15) is 18.4 Å². The average Bonchev–Trinajstić information content (AvgIpc) is 2.37. The Morgan fingerprint density at radius 2 is 1.74 bits per heavy atom. The van der Waals surface area contributed by atoms with E-state index in [4.69, 9.17) is 0 Å². The lowest BCUT2D eigenvalue weighted by Gasteiger charge is -2.23. The van der Waals surface area contributed by atoms with E-state index in [1.165, 1.54) is 18.4 Å². The summed E-state index contributed by atoms with van der Waals surface area (Å²) in [6, 6.07) is 11.1. The van der Waals surface area contributed by atoms with Crippen molar-refractivity contribution in [2.45, 2.75) is 18.9 Å². The number of piperidine rings is 1. The molecule has 0 spiro atoms. The van der Waals surface area contributed by atoms with Gasteiger partial charge in [0.25, 0.3) is 0 Å². The molecule has 0 unspecified atom stereocenters. The number of nitrogens with one attached hydrogen (secondary N) is 2. The molecule has 0 aromatic heterocycles. The maximum Gasteiger partial charge on any atom is 0.0140 e. The van der Waals surface area contributed by atoms with E-state index in [-0.39, 0.29) is 30.3 Å². The summed E-state index contributed by atoms with van der Waals surface area (Å²) in [6.07, 6.45) is 6.88. The summed E-state index contributed by atoms with van der Waals surface area (Å²) in [5.74, 6) is 0. The fourth-order valence-electron chi connectivity index (χ4n) is 2.02. The molecule has 0 amide bonds. The molecule has 1 heterocycles. The third-order valence-corrected chi connectivity index (χ3v) is 2.97. The van der Waals surface area contributed by atoms with E-state index in [1.807, 2.05) is 6.07 Å². The first-order valence-corrected chi connectivity index (χ1v) is 6.11. The molecule has 3 nitrogen and oxygen atoms in total. The van der Waals surface area contributed by atoms with Crippen LogP contribution in [0, 0.1) is 0 Å². The van der Waals surface area contributed by atoms with Gasteiger partial charge in [-0.25, -0.2) is 0 Å². The van der Waals surface area contributed by atoms with Crippen molar-refractivity contribution in [2.75, 3.05) is 19.6 Å². The topological polar surface area (TPSA) is 55.6 Å². The van der Waals surface area contributed by atoms with Gasteiger partial charge in [-0.1, -0.05) is 42.5 Å². The van der Waals surface area contributed by atoms with Crippen molar-refractivity contribution in [2.24, 2.45) is 0 Å². The molecule has 0 bridgehead atoms. The zero-order chi connectivity index (χ0) is 11.1. The lowest BCUT2D eigenvalue weighted by molar-refractivity contribution is 0.400. The maximum atomic E-state index is 3.57. The van der Waals surface area contributed by atoms with Crippen LogP contribution in [0.2, 0.25) is 0 Å². The van der Waals surface area contributed by atoms with Gasteiger partial charge in [0.05, 0.1) is 0 Å². The molecule has 5 heteroatoms. The van der Waals surface area contributed by atoms with Gasteiger partial charge in [-0.15, -0.1) is 24.8 Å². The fraction of sp³-hybridized carbons (Fsp3) is 0.429. The lowest BCUT2D eigenvalue weighted by atomic mass is 10.1. The first-order valence-electron chi connectivity index (χ1n) is 6.11. The second-order valence-electron chi connectivity index (χ2n) is 4.25. The van der Waals surface area contributed by atoms with Crippen molar-refractivity contribution >= 4 is 30.9 Å². The summed E-state index contributed by atoms with van der Waals surface area (Å²) < 4.78 is 0. The van der Waals surface area contributed by atoms with Crippen LogP contribution in [0.15, 0.2) is 36.4 Å². The van der Waals surface area contributed by atoms with Crippen LogP contribution >= 0.6 is 24.8 Å². The normalized spacial score (nSPS) is 15.2. The molecule has 0 radical (unpaired) electrons. The molecule has 1 fully saturated rings. The summed E-state index contributed by atoms with van der Waals surface area (Å²) in [5.41, 5.74) is 1.27. The number of halogens is 2. The minimum atomic E-state index is 0. The van der Waals surface area contributed by atoms with Crippen molar-refractivity contribution in [1.29, 1.82) is 0 Å². The Kier molecular flexibility index (Phi) is 13.6. The quantitative estimate of drug-likeness (QED) is 0.894. The van der Waals surface area contributed by atoms with Crippen LogP contribution in [0.5, 0.6) is 0 Å². The van der Waals surface area contributed by atoms with Gasteiger partial charge in [-0.3, -0.25) is 0 Å². The van der Waals surface area contributed by atoms with Crippen LogP contribution in [-0.2, 0) is 0 Å². The highest BCUT2D eigenvalue weighted by Gasteiger charge is 2.10. The zero-order valence-electron chi connectivity index (χ0n) is 11.0. The average molecular weight is 307 g/mol. The van der Waals surface area contributed by atoms with Crippen molar-refractivity contribution in [3.63, 3.8) is 0 Å². The van der Waals surface area contributed by atoms with E-state index in [9.17, 15) is 0 Å². The largest absolute Gasteiger partial charge is 0.412 e. The minimum Gasteiger partial charge on any atom is -0.412 e. The van der Waals surface area contributed by atoms with Crippen LogP contribution in [0.25, 0.3) is 6.08 Å². The highest BCUT2D eigenvalue weighted by molar-refractivity contribution is 5.85. The Morgan fingerprint density at radius 1 is 1.11 bits per heavy atom. The molecule has 19 heavy (non-hydrogen) atoms. The zero-order valence-corrected chi connectivity index (χ0v) is 12.6. The molecule has 2 rings (SSSR count). The third kappa shape index (κ3) is 8.24. The first-order chi connectivity index (χ1) is 7.95. The highest BCUT2D eigenvalue weighted by atomic mass is 35.5. The van der Waals surface area contributed by atoms with Gasteiger partial charge in [0.2, 0.25) is 0 Å². The molecule has 4 N–H and O–H groups in total. The van der Waals surface area contributed by atoms with E-state index >= 15 is 0 Å². The predicted molar refractivity (Wildman–Crippen MR) is 87.5 cm³/mol. The molecule has 1 saturated heterocycles. The van der Waals surface area contributed by atoms with E-state index in [0.717, 1.165) is 19.6 Å². The second-order valence-corrected chi connectivity index (χ2v) is 4.25. The molecule has 1 aliphatic rings. The maximum absolute atomic E-state index is 3.57. The molecule has 1 aliphatic heterocycles. The lowest BCUT2D eigenvalue weighted by Crippen LogP contribution is -2.39. The second kappa shape index (κ2) is 12.5. The van der Waals surface area contributed by atoms with Gasteiger partial charge in [0.1, 0.15) is 0 Å². The standard InChI is InChI=1S/C14H20N2.2ClH.H2O/c1-2-5-13(6-3-1)7-4-10-16-14-8-11-15-12-9-14;;;/h1-7,14-16H,8-12H2;2*1H;1H2/b7-4+;;;.